The van der Waals surface area contributed by atoms with Gasteiger partial charge in [0.2, 0.25) is 5.78 Å². The van der Waals surface area contributed by atoms with Crippen LogP contribution in [0.2, 0.25) is 0 Å². The van der Waals surface area contributed by atoms with E-state index < -0.39 is 36.1 Å². The fourth-order valence-electron chi connectivity index (χ4n) is 1.52. The standard InChI is InChI=1S/C13H14N2O6/c14-8-3-1-7(2-4-8)11(17)15-9(12(18)19)5-6-10(16)13(20)21/h1-4,9H,5-6,14H2,(H,15,17)(H,18,19)(H,20,21)/t9-/m0/s1. The highest BCUT2D eigenvalue weighted by Gasteiger charge is 2.23. The van der Waals surface area contributed by atoms with Gasteiger partial charge in [-0.15, -0.1) is 0 Å². The normalized spacial score (nSPS) is 11.4. The van der Waals surface area contributed by atoms with Crippen LogP contribution >= 0.6 is 0 Å². The van der Waals surface area contributed by atoms with Gasteiger partial charge in [-0.2, -0.15) is 0 Å². The van der Waals surface area contributed by atoms with E-state index >= 15 is 0 Å². The van der Waals surface area contributed by atoms with Gasteiger partial charge in [0.05, 0.1) is 0 Å². The maximum atomic E-state index is 11.8. The number of Topliss-reactive ketones (excluding diaryl/α,β-unsaturated/α-hetero) is 1. The Hall–Kier alpha value is -2.90. The zero-order valence-corrected chi connectivity index (χ0v) is 10.9. The lowest BCUT2D eigenvalue weighted by Crippen LogP contribution is -2.41. The molecule has 0 radical (unpaired) electrons. The topological polar surface area (TPSA) is 147 Å². The molecule has 0 aliphatic carbocycles. The lowest BCUT2D eigenvalue weighted by atomic mass is 10.1. The highest BCUT2D eigenvalue weighted by Crippen LogP contribution is 2.07. The van der Waals surface area contributed by atoms with Crippen LogP contribution in [0.4, 0.5) is 5.69 Å². The molecule has 0 spiro atoms. The van der Waals surface area contributed by atoms with Crippen molar-refractivity contribution in [1.29, 1.82) is 0 Å². The fourth-order valence-corrected chi connectivity index (χ4v) is 1.52. The van der Waals surface area contributed by atoms with Crippen LogP contribution in [0.3, 0.4) is 0 Å². The van der Waals surface area contributed by atoms with Crippen molar-refractivity contribution < 1.29 is 29.4 Å². The van der Waals surface area contributed by atoms with Crippen LogP contribution in [-0.2, 0) is 14.4 Å². The summed E-state index contributed by atoms with van der Waals surface area (Å²) in [5.74, 6) is -4.74. The number of nitrogens with one attached hydrogen (secondary N) is 1. The van der Waals surface area contributed by atoms with Crippen LogP contribution in [-0.4, -0.2) is 39.9 Å². The predicted molar refractivity (Wildman–Crippen MR) is 71.6 cm³/mol. The Morgan fingerprint density at radius 2 is 1.67 bits per heavy atom. The van der Waals surface area contributed by atoms with Crippen LogP contribution in [0.5, 0.6) is 0 Å². The minimum Gasteiger partial charge on any atom is -0.480 e. The number of anilines is 1. The lowest BCUT2D eigenvalue weighted by Gasteiger charge is -2.13. The first-order valence-electron chi connectivity index (χ1n) is 5.96. The van der Waals surface area contributed by atoms with Crippen molar-refractivity contribution in [2.45, 2.75) is 18.9 Å². The van der Waals surface area contributed by atoms with Crippen LogP contribution in [0.15, 0.2) is 24.3 Å². The van der Waals surface area contributed by atoms with E-state index in [1.807, 2.05) is 0 Å². The summed E-state index contributed by atoms with van der Waals surface area (Å²) in [5.41, 5.74) is 6.13. The van der Waals surface area contributed by atoms with Gasteiger partial charge >= 0.3 is 11.9 Å². The Balaban J connectivity index is 2.68. The maximum Gasteiger partial charge on any atom is 0.372 e. The molecule has 1 aromatic carbocycles. The maximum absolute atomic E-state index is 11.8. The number of aliphatic carboxylic acids is 2. The average molecular weight is 294 g/mol. The second kappa shape index (κ2) is 7.04. The molecule has 21 heavy (non-hydrogen) atoms. The quantitative estimate of drug-likeness (QED) is 0.405. The summed E-state index contributed by atoms with van der Waals surface area (Å²) in [6.45, 7) is 0. The Bertz CT molecular complexity index is 567. The first-order valence-corrected chi connectivity index (χ1v) is 5.96. The van der Waals surface area contributed by atoms with Gasteiger partial charge in [-0.05, 0) is 30.7 Å². The number of amides is 1. The molecule has 1 atom stereocenters. The molecule has 0 aromatic heterocycles. The molecule has 0 aliphatic rings. The molecule has 1 rings (SSSR count). The molecular weight excluding hydrogens is 280 g/mol. The molecular formula is C13H14N2O6. The summed E-state index contributed by atoms with van der Waals surface area (Å²) >= 11 is 0. The van der Waals surface area contributed by atoms with Crippen molar-refractivity contribution in [3.8, 4) is 0 Å². The summed E-state index contributed by atoms with van der Waals surface area (Å²) < 4.78 is 0. The van der Waals surface area contributed by atoms with Crippen molar-refractivity contribution >= 4 is 29.3 Å². The Labute approximate surface area is 119 Å². The smallest absolute Gasteiger partial charge is 0.372 e. The number of nitrogen functional groups attached to an aromatic ring is 1. The molecule has 1 amide bonds. The number of benzene rings is 1. The van der Waals surface area contributed by atoms with Crippen molar-refractivity contribution in [3.63, 3.8) is 0 Å². The largest absolute Gasteiger partial charge is 0.480 e. The number of hydrogen-bond donors (Lipinski definition) is 4. The Morgan fingerprint density at radius 3 is 2.14 bits per heavy atom. The van der Waals surface area contributed by atoms with E-state index in [1.54, 1.807) is 0 Å². The van der Waals surface area contributed by atoms with E-state index in [1.165, 1.54) is 24.3 Å². The van der Waals surface area contributed by atoms with Crippen molar-refractivity contribution in [2.75, 3.05) is 5.73 Å². The number of carboxylic acids is 2. The number of hydrogen-bond acceptors (Lipinski definition) is 5. The predicted octanol–water partition coefficient (Wildman–Crippen LogP) is -0.114. The van der Waals surface area contributed by atoms with Crippen LogP contribution in [0.1, 0.15) is 23.2 Å². The van der Waals surface area contributed by atoms with Crippen LogP contribution in [0.25, 0.3) is 0 Å². The molecule has 8 heteroatoms. The zero-order valence-electron chi connectivity index (χ0n) is 10.9. The van der Waals surface area contributed by atoms with Crippen LogP contribution < -0.4 is 11.1 Å². The molecule has 0 saturated carbocycles. The van der Waals surface area contributed by atoms with Crippen molar-refractivity contribution in [1.82, 2.24) is 5.32 Å². The van der Waals surface area contributed by atoms with Gasteiger partial charge in [0.15, 0.2) is 0 Å². The summed E-state index contributed by atoms with van der Waals surface area (Å²) in [4.78, 5) is 44.1. The van der Waals surface area contributed by atoms with Crippen LogP contribution in [0, 0.1) is 0 Å². The first-order chi connectivity index (χ1) is 9.81. The minimum absolute atomic E-state index is 0.208. The number of carbonyl (C=O) groups excluding carboxylic acids is 2. The minimum atomic E-state index is -1.64. The van der Waals surface area contributed by atoms with Crippen molar-refractivity contribution in [2.24, 2.45) is 0 Å². The summed E-state index contributed by atoms with van der Waals surface area (Å²) in [6.07, 6.45) is -0.782. The van der Waals surface area contributed by atoms with E-state index in [0.717, 1.165) is 0 Å². The first kappa shape index (κ1) is 16.2. The van der Waals surface area contributed by atoms with E-state index in [9.17, 15) is 19.2 Å². The molecule has 0 saturated heterocycles. The van der Waals surface area contributed by atoms with Crippen molar-refractivity contribution in [3.05, 3.63) is 29.8 Å². The second-order valence-corrected chi connectivity index (χ2v) is 4.25. The summed E-state index contributed by atoms with van der Waals surface area (Å²) in [6, 6.07) is 4.47. The zero-order chi connectivity index (χ0) is 16.0. The van der Waals surface area contributed by atoms with E-state index in [-0.39, 0.29) is 12.0 Å². The van der Waals surface area contributed by atoms with Gasteiger partial charge in [0, 0.05) is 17.7 Å². The van der Waals surface area contributed by atoms with Gasteiger partial charge < -0.3 is 21.3 Å². The van der Waals surface area contributed by atoms with Gasteiger partial charge in [-0.1, -0.05) is 0 Å². The van der Waals surface area contributed by atoms with Gasteiger partial charge in [-0.3, -0.25) is 9.59 Å². The Morgan fingerprint density at radius 1 is 1.10 bits per heavy atom. The Kier molecular flexibility index (Phi) is 5.41. The molecule has 0 heterocycles. The van der Waals surface area contributed by atoms with E-state index in [0.29, 0.717) is 5.69 Å². The third-order valence-electron chi connectivity index (χ3n) is 2.67. The molecule has 8 nitrogen and oxygen atoms in total. The second-order valence-electron chi connectivity index (χ2n) is 4.25. The summed E-state index contributed by atoms with van der Waals surface area (Å²) in [7, 11) is 0. The summed E-state index contributed by atoms with van der Waals surface area (Å²) in [5, 5.41) is 19.6. The van der Waals surface area contributed by atoms with E-state index in [4.69, 9.17) is 15.9 Å². The van der Waals surface area contributed by atoms with E-state index in [2.05, 4.69) is 5.32 Å². The number of carboxylic acid groups (broad SMARTS) is 2. The molecule has 112 valence electrons. The third-order valence-corrected chi connectivity index (χ3v) is 2.67. The van der Waals surface area contributed by atoms with Gasteiger partial charge in [0.25, 0.3) is 5.91 Å². The molecule has 5 N–H and O–H groups in total. The average Bonchev–Trinajstić information content (AvgIpc) is 2.42. The molecule has 0 aliphatic heterocycles. The molecule has 0 unspecified atom stereocenters. The number of rotatable bonds is 7. The fraction of sp³-hybridized carbons (Fsp3) is 0.231. The molecule has 0 bridgehead atoms. The monoisotopic (exact) mass is 294 g/mol. The third kappa shape index (κ3) is 4.94. The molecule has 1 aromatic rings. The highest BCUT2D eigenvalue weighted by molar-refractivity contribution is 6.32. The van der Waals surface area contributed by atoms with Gasteiger partial charge in [-0.25, -0.2) is 9.59 Å². The van der Waals surface area contributed by atoms with Gasteiger partial charge in [0.1, 0.15) is 6.04 Å². The number of ketones is 1. The number of nitrogens with two attached hydrogens (primary N) is 1. The lowest BCUT2D eigenvalue weighted by molar-refractivity contribution is -0.149. The SMILES string of the molecule is Nc1ccc(C(=O)N[C@@H](CCC(=O)C(=O)O)C(=O)O)cc1. The molecule has 0 fully saturated rings. The number of carbonyl (C=O) groups is 4. The highest BCUT2D eigenvalue weighted by atomic mass is 16.4.